The summed E-state index contributed by atoms with van der Waals surface area (Å²) in [4.78, 5) is 13.5. The lowest BCUT2D eigenvalue weighted by atomic mass is 10.4. The number of furan rings is 1. The highest BCUT2D eigenvalue weighted by atomic mass is 32.2. The van der Waals surface area contributed by atoms with E-state index in [2.05, 4.69) is 10.2 Å². The minimum Gasteiger partial charge on any atom is -0.467 e. The van der Waals surface area contributed by atoms with Crippen molar-refractivity contribution in [3.05, 3.63) is 24.2 Å². The standard InChI is InChI=1S/C11H15N5O2S/c1-15(6-8-4-3-5-18-8)9(17)7-19-11-14-13-10(12)16(11)2/h3-5H,6-7H2,1-2H3,(H2,12,13). The zero-order valence-corrected chi connectivity index (χ0v) is 11.6. The zero-order chi connectivity index (χ0) is 13.8. The summed E-state index contributed by atoms with van der Waals surface area (Å²) in [7, 11) is 3.49. The molecule has 0 spiro atoms. The van der Waals surface area contributed by atoms with Crippen molar-refractivity contribution in [2.75, 3.05) is 18.5 Å². The number of nitrogen functional groups attached to an aromatic ring is 1. The van der Waals surface area contributed by atoms with Crippen LogP contribution in [0.25, 0.3) is 0 Å². The van der Waals surface area contributed by atoms with E-state index in [-0.39, 0.29) is 11.7 Å². The highest BCUT2D eigenvalue weighted by Crippen LogP contribution is 2.17. The number of nitrogens with zero attached hydrogens (tertiary/aromatic N) is 4. The van der Waals surface area contributed by atoms with E-state index in [9.17, 15) is 4.79 Å². The first-order valence-corrected chi connectivity index (χ1v) is 6.60. The second kappa shape index (κ2) is 5.79. The molecule has 0 saturated heterocycles. The van der Waals surface area contributed by atoms with Crippen molar-refractivity contribution in [2.45, 2.75) is 11.7 Å². The van der Waals surface area contributed by atoms with Gasteiger partial charge in [-0.3, -0.25) is 9.36 Å². The molecular weight excluding hydrogens is 266 g/mol. The highest BCUT2D eigenvalue weighted by molar-refractivity contribution is 7.99. The molecule has 2 rings (SSSR count). The van der Waals surface area contributed by atoms with Crippen molar-refractivity contribution >= 4 is 23.6 Å². The molecule has 0 bridgehead atoms. The van der Waals surface area contributed by atoms with Gasteiger partial charge in [0, 0.05) is 14.1 Å². The SMILES string of the molecule is CN(Cc1ccco1)C(=O)CSc1nnc(N)n1C. The van der Waals surface area contributed by atoms with E-state index < -0.39 is 0 Å². The molecule has 0 radical (unpaired) electrons. The fourth-order valence-electron chi connectivity index (χ4n) is 1.41. The molecule has 7 nitrogen and oxygen atoms in total. The molecule has 19 heavy (non-hydrogen) atoms. The van der Waals surface area contributed by atoms with Crippen molar-refractivity contribution < 1.29 is 9.21 Å². The van der Waals surface area contributed by atoms with Crippen molar-refractivity contribution in [1.29, 1.82) is 0 Å². The Morgan fingerprint density at radius 1 is 1.58 bits per heavy atom. The number of anilines is 1. The smallest absolute Gasteiger partial charge is 0.233 e. The van der Waals surface area contributed by atoms with E-state index in [0.29, 0.717) is 17.6 Å². The first kappa shape index (κ1) is 13.5. The second-order valence-electron chi connectivity index (χ2n) is 4.02. The molecule has 0 aliphatic heterocycles. The molecule has 0 unspecified atom stereocenters. The van der Waals surface area contributed by atoms with Gasteiger partial charge in [-0.25, -0.2) is 0 Å². The first-order chi connectivity index (χ1) is 9.08. The van der Waals surface area contributed by atoms with Gasteiger partial charge in [-0.15, -0.1) is 10.2 Å². The van der Waals surface area contributed by atoms with Gasteiger partial charge in [0.05, 0.1) is 18.6 Å². The summed E-state index contributed by atoms with van der Waals surface area (Å²) in [6.45, 7) is 0.452. The van der Waals surface area contributed by atoms with Gasteiger partial charge in [0.15, 0.2) is 5.16 Å². The number of nitrogens with two attached hydrogens (primary N) is 1. The number of hydrogen-bond acceptors (Lipinski definition) is 6. The second-order valence-corrected chi connectivity index (χ2v) is 4.96. The Hall–Kier alpha value is -1.96. The van der Waals surface area contributed by atoms with E-state index in [1.165, 1.54) is 11.8 Å². The summed E-state index contributed by atoms with van der Waals surface area (Å²) in [6, 6.07) is 3.63. The van der Waals surface area contributed by atoms with Crippen LogP contribution in [0.2, 0.25) is 0 Å². The molecule has 0 saturated carbocycles. The van der Waals surface area contributed by atoms with Gasteiger partial charge in [-0.1, -0.05) is 11.8 Å². The number of thioether (sulfide) groups is 1. The summed E-state index contributed by atoms with van der Waals surface area (Å²) < 4.78 is 6.84. The largest absolute Gasteiger partial charge is 0.467 e. The monoisotopic (exact) mass is 281 g/mol. The molecule has 102 valence electrons. The number of carbonyl (C=O) groups excluding carboxylic acids is 1. The van der Waals surface area contributed by atoms with Gasteiger partial charge in [0.25, 0.3) is 0 Å². The first-order valence-electron chi connectivity index (χ1n) is 5.62. The predicted octanol–water partition coefficient (Wildman–Crippen LogP) is 0.741. The molecule has 1 amide bonds. The van der Waals surface area contributed by atoms with Crippen LogP contribution in [0.5, 0.6) is 0 Å². The summed E-state index contributed by atoms with van der Waals surface area (Å²) in [5.74, 6) is 1.36. The predicted molar refractivity (Wildman–Crippen MR) is 71.3 cm³/mol. The maximum atomic E-state index is 11.9. The van der Waals surface area contributed by atoms with Crippen LogP contribution in [0.1, 0.15) is 5.76 Å². The van der Waals surface area contributed by atoms with Crippen LogP contribution < -0.4 is 5.73 Å². The minimum absolute atomic E-state index is 0.0111. The third-order valence-electron chi connectivity index (χ3n) is 2.59. The Morgan fingerprint density at radius 3 is 2.95 bits per heavy atom. The van der Waals surface area contributed by atoms with E-state index >= 15 is 0 Å². The van der Waals surface area contributed by atoms with Gasteiger partial charge < -0.3 is 15.1 Å². The average Bonchev–Trinajstić information content (AvgIpc) is 2.99. The van der Waals surface area contributed by atoms with Crippen LogP contribution in [0.4, 0.5) is 5.95 Å². The van der Waals surface area contributed by atoms with Gasteiger partial charge in [0.2, 0.25) is 11.9 Å². The Balaban J connectivity index is 1.85. The molecule has 8 heteroatoms. The summed E-state index contributed by atoms with van der Waals surface area (Å²) in [5.41, 5.74) is 5.57. The van der Waals surface area contributed by atoms with E-state index in [1.807, 2.05) is 6.07 Å². The van der Waals surface area contributed by atoms with Crippen molar-refractivity contribution in [3.63, 3.8) is 0 Å². The van der Waals surface area contributed by atoms with Gasteiger partial charge in [-0.05, 0) is 12.1 Å². The van der Waals surface area contributed by atoms with Crippen molar-refractivity contribution in [1.82, 2.24) is 19.7 Å². The van der Waals surface area contributed by atoms with Crippen LogP contribution in [0, 0.1) is 0 Å². The molecule has 0 fully saturated rings. The zero-order valence-electron chi connectivity index (χ0n) is 10.7. The van der Waals surface area contributed by atoms with Crippen LogP contribution in [-0.4, -0.2) is 38.4 Å². The maximum absolute atomic E-state index is 11.9. The van der Waals surface area contributed by atoms with Crippen LogP contribution in [0.15, 0.2) is 28.0 Å². The van der Waals surface area contributed by atoms with Gasteiger partial charge >= 0.3 is 0 Å². The third-order valence-corrected chi connectivity index (χ3v) is 3.60. The maximum Gasteiger partial charge on any atom is 0.233 e. The quantitative estimate of drug-likeness (QED) is 0.813. The number of rotatable bonds is 5. The molecule has 2 heterocycles. The lowest BCUT2D eigenvalue weighted by Crippen LogP contribution is -2.27. The molecule has 2 N–H and O–H groups in total. The highest BCUT2D eigenvalue weighted by Gasteiger charge is 2.13. The summed E-state index contributed by atoms with van der Waals surface area (Å²) >= 11 is 1.30. The fraction of sp³-hybridized carbons (Fsp3) is 0.364. The molecule has 0 aromatic carbocycles. The van der Waals surface area contributed by atoms with Crippen LogP contribution in [-0.2, 0) is 18.4 Å². The lowest BCUT2D eigenvalue weighted by Gasteiger charge is -2.15. The molecule has 0 atom stereocenters. The molecule has 0 aliphatic carbocycles. The third kappa shape index (κ3) is 3.28. The number of amides is 1. The van der Waals surface area contributed by atoms with Gasteiger partial charge in [0.1, 0.15) is 5.76 Å². The van der Waals surface area contributed by atoms with E-state index in [4.69, 9.17) is 10.2 Å². The summed E-state index contributed by atoms with van der Waals surface area (Å²) in [5, 5.41) is 8.24. The topological polar surface area (TPSA) is 90.2 Å². The molecular formula is C11H15N5O2S. The number of aromatic nitrogens is 3. The molecule has 2 aromatic rings. The molecule has 0 aliphatic rings. The Labute approximate surface area is 114 Å². The van der Waals surface area contributed by atoms with Crippen LogP contribution in [0.3, 0.4) is 0 Å². The fourth-order valence-corrected chi connectivity index (χ4v) is 2.27. The Bertz CT molecular complexity index is 551. The summed E-state index contributed by atoms with van der Waals surface area (Å²) in [6.07, 6.45) is 1.59. The van der Waals surface area contributed by atoms with E-state index in [0.717, 1.165) is 5.76 Å². The van der Waals surface area contributed by atoms with Crippen LogP contribution >= 0.6 is 11.8 Å². The minimum atomic E-state index is -0.0111. The normalized spacial score (nSPS) is 10.6. The van der Waals surface area contributed by atoms with Crippen molar-refractivity contribution in [3.8, 4) is 0 Å². The number of carbonyl (C=O) groups is 1. The average molecular weight is 281 g/mol. The number of hydrogen-bond donors (Lipinski definition) is 1. The van der Waals surface area contributed by atoms with Crippen molar-refractivity contribution in [2.24, 2.45) is 7.05 Å². The van der Waals surface area contributed by atoms with E-state index in [1.54, 1.807) is 35.9 Å². The lowest BCUT2D eigenvalue weighted by molar-refractivity contribution is -0.127. The Morgan fingerprint density at radius 2 is 2.37 bits per heavy atom. The van der Waals surface area contributed by atoms with Gasteiger partial charge in [-0.2, -0.15) is 0 Å². The Kier molecular flexibility index (Phi) is 4.10. The molecule has 2 aromatic heterocycles.